The minimum absolute atomic E-state index is 0.347. The Bertz CT molecular complexity index is 1570. The smallest absolute Gasteiger partial charge is 0.0632 e. The Hall–Kier alpha value is -2.30. The fourth-order valence-corrected chi connectivity index (χ4v) is 14.4. The number of aromatic nitrogens is 2. The lowest BCUT2D eigenvalue weighted by Crippen LogP contribution is -2.51. The van der Waals surface area contributed by atoms with Crippen molar-refractivity contribution in [1.29, 1.82) is 0 Å². The second kappa shape index (κ2) is 12.1. The van der Waals surface area contributed by atoms with E-state index in [0.29, 0.717) is 33.9 Å². The third kappa shape index (κ3) is 4.96. The number of fused-ring (bicyclic) bond motifs is 10. The van der Waals surface area contributed by atoms with Gasteiger partial charge in [0.05, 0.1) is 12.2 Å². The number of rotatable bonds is 2. The highest BCUT2D eigenvalue weighted by Gasteiger charge is 2.61. The van der Waals surface area contributed by atoms with E-state index in [4.69, 9.17) is 9.47 Å². The topological polar surface area (TPSA) is 44.2 Å². The first-order chi connectivity index (χ1) is 24.0. The van der Waals surface area contributed by atoms with Gasteiger partial charge in [0.15, 0.2) is 0 Å². The summed E-state index contributed by atoms with van der Waals surface area (Å²) < 4.78 is 12.3. The normalized spacial score (nSPS) is 45.5. The minimum atomic E-state index is 0.347. The maximum atomic E-state index is 6.13. The quantitative estimate of drug-likeness (QED) is 0.318. The van der Waals surface area contributed by atoms with Gasteiger partial charge in [0, 0.05) is 38.0 Å². The third-order valence-corrected chi connectivity index (χ3v) is 17.0. The SMILES string of the molecule is Cc1cncc(C2=CC[C@H]3[C@@H]4CC[C@@H]5OCC[C@]5(C)[C@H]4CC[C@]23C)c1.Cc1cncc(C2=CC[C@H]3[C@@H]4CC[C@H]5OCC[C@]5(C)[C@H]4CC[C@]23C)c1. The Kier molecular flexibility index (Phi) is 8.13. The van der Waals surface area contributed by atoms with E-state index in [2.05, 4.69) is 88.2 Å². The highest BCUT2D eigenvalue weighted by molar-refractivity contribution is 5.73. The monoisotopic (exact) mass is 674 g/mol. The summed E-state index contributed by atoms with van der Waals surface area (Å²) in [6, 6.07) is 4.67. The van der Waals surface area contributed by atoms with Gasteiger partial charge in [-0.25, -0.2) is 0 Å². The van der Waals surface area contributed by atoms with E-state index in [1.807, 2.05) is 12.4 Å². The van der Waals surface area contributed by atoms with Gasteiger partial charge in [-0.2, -0.15) is 0 Å². The first kappa shape index (κ1) is 33.5. The van der Waals surface area contributed by atoms with Crippen LogP contribution in [0.25, 0.3) is 11.1 Å². The molecule has 0 radical (unpaired) electrons. The summed E-state index contributed by atoms with van der Waals surface area (Å²) >= 11 is 0. The zero-order valence-electron chi connectivity index (χ0n) is 31.8. The molecule has 268 valence electrons. The van der Waals surface area contributed by atoms with E-state index < -0.39 is 0 Å². The van der Waals surface area contributed by atoms with Crippen molar-refractivity contribution in [2.24, 2.45) is 57.2 Å². The van der Waals surface area contributed by atoms with Gasteiger partial charge >= 0.3 is 0 Å². The van der Waals surface area contributed by atoms with Crippen LogP contribution >= 0.6 is 0 Å². The van der Waals surface area contributed by atoms with E-state index >= 15 is 0 Å². The standard InChI is InChI=1S/2C23H31NO/c2*1-15-12-16(14-24-13-15)18-5-6-19-17-4-7-21-23(3,10-11-25-21)20(17)8-9-22(18,19)2/h2*5,12-14,17,19-21H,4,6-11H2,1-3H3/t17-,19-,20-,21+,22+,23+;17-,19-,20-,21-,22+,23+/m00/s1. The van der Waals surface area contributed by atoms with Crippen molar-refractivity contribution in [3.63, 3.8) is 0 Å². The summed E-state index contributed by atoms with van der Waals surface area (Å²) in [5.74, 6) is 5.15. The molecule has 0 spiro atoms. The average molecular weight is 675 g/mol. The molecule has 2 saturated heterocycles. The average Bonchev–Trinajstić information content (AvgIpc) is 3.86. The number of allylic oxidation sites excluding steroid dienone is 4. The maximum Gasteiger partial charge on any atom is 0.0632 e. The molecule has 8 aliphatic rings. The highest BCUT2D eigenvalue weighted by atomic mass is 16.5. The van der Waals surface area contributed by atoms with E-state index in [1.54, 1.807) is 11.1 Å². The Morgan fingerprint density at radius 3 is 1.40 bits per heavy atom. The molecule has 10 rings (SSSR count). The van der Waals surface area contributed by atoms with Gasteiger partial charge in [-0.15, -0.1) is 0 Å². The van der Waals surface area contributed by atoms with E-state index in [9.17, 15) is 0 Å². The minimum Gasteiger partial charge on any atom is -0.378 e. The van der Waals surface area contributed by atoms with Crippen LogP contribution < -0.4 is 0 Å². The van der Waals surface area contributed by atoms with Gasteiger partial charge in [0.25, 0.3) is 0 Å². The first-order valence-electron chi connectivity index (χ1n) is 20.5. The Morgan fingerprint density at radius 1 is 0.540 bits per heavy atom. The van der Waals surface area contributed by atoms with Crippen molar-refractivity contribution < 1.29 is 9.47 Å². The number of ether oxygens (including phenoxy) is 2. The Morgan fingerprint density at radius 2 is 0.980 bits per heavy atom. The highest BCUT2D eigenvalue weighted by Crippen LogP contribution is 2.68. The van der Waals surface area contributed by atoms with Crippen molar-refractivity contribution in [2.75, 3.05) is 13.2 Å². The number of hydrogen-bond donors (Lipinski definition) is 0. The number of nitrogens with zero attached hydrogens (tertiary/aromatic N) is 2. The number of hydrogen-bond acceptors (Lipinski definition) is 4. The maximum absolute atomic E-state index is 6.13. The molecule has 50 heavy (non-hydrogen) atoms. The van der Waals surface area contributed by atoms with Crippen LogP contribution in [0.4, 0.5) is 0 Å². The van der Waals surface area contributed by atoms with Crippen LogP contribution in [-0.2, 0) is 9.47 Å². The predicted molar refractivity (Wildman–Crippen MR) is 202 cm³/mol. The molecule has 2 aromatic rings. The van der Waals surface area contributed by atoms with Crippen LogP contribution in [0.3, 0.4) is 0 Å². The van der Waals surface area contributed by atoms with Crippen LogP contribution in [0.15, 0.2) is 49.1 Å². The second-order valence-corrected chi connectivity index (χ2v) is 19.3. The van der Waals surface area contributed by atoms with Gasteiger partial charge in [0.1, 0.15) is 0 Å². The fourth-order valence-electron chi connectivity index (χ4n) is 14.4. The van der Waals surface area contributed by atoms with E-state index in [1.165, 1.54) is 99.3 Å². The van der Waals surface area contributed by atoms with Crippen molar-refractivity contribution in [3.8, 4) is 0 Å². The van der Waals surface area contributed by atoms with Gasteiger partial charge in [-0.05, 0) is 194 Å². The zero-order chi connectivity index (χ0) is 34.5. The Balaban J connectivity index is 0.000000135. The van der Waals surface area contributed by atoms with E-state index in [-0.39, 0.29) is 0 Å². The molecule has 0 unspecified atom stereocenters. The van der Waals surface area contributed by atoms with Crippen molar-refractivity contribution in [2.45, 2.75) is 131 Å². The molecule has 6 fully saturated rings. The lowest BCUT2D eigenvalue weighted by atomic mass is 9.48. The zero-order valence-corrected chi connectivity index (χ0v) is 31.8. The van der Waals surface area contributed by atoms with Crippen LogP contribution in [0.5, 0.6) is 0 Å². The number of pyridine rings is 2. The molecule has 4 heterocycles. The molecule has 4 heteroatoms. The predicted octanol–water partition coefficient (Wildman–Crippen LogP) is 10.8. The van der Waals surface area contributed by atoms with E-state index in [0.717, 1.165) is 48.7 Å². The molecular weight excluding hydrogens is 613 g/mol. The van der Waals surface area contributed by atoms with Crippen LogP contribution in [0, 0.1) is 71.0 Å². The largest absolute Gasteiger partial charge is 0.378 e. The molecule has 0 bridgehead atoms. The molecule has 0 amide bonds. The van der Waals surface area contributed by atoms with Gasteiger partial charge < -0.3 is 9.47 Å². The molecule has 4 nitrogen and oxygen atoms in total. The van der Waals surface area contributed by atoms with Crippen molar-refractivity contribution in [1.82, 2.24) is 9.97 Å². The molecule has 2 aromatic heterocycles. The van der Waals surface area contributed by atoms with Crippen molar-refractivity contribution >= 4 is 11.1 Å². The fraction of sp³-hybridized carbons (Fsp3) is 0.696. The summed E-state index contributed by atoms with van der Waals surface area (Å²) in [7, 11) is 0. The lowest BCUT2D eigenvalue weighted by Gasteiger charge is -2.56. The molecule has 0 N–H and O–H groups in total. The second-order valence-electron chi connectivity index (χ2n) is 19.3. The summed E-state index contributed by atoms with van der Waals surface area (Å²) in [6.45, 7) is 16.5. The summed E-state index contributed by atoms with van der Waals surface area (Å²) in [5.41, 5.74) is 10.0. The van der Waals surface area contributed by atoms with Gasteiger partial charge in [0.2, 0.25) is 0 Å². The first-order valence-corrected chi connectivity index (χ1v) is 20.5. The van der Waals surface area contributed by atoms with Crippen molar-refractivity contribution in [3.05, 3.63) is 71.3 Å². The molecule has 0 aromatic carbocycles. The molecular formula is C46H62N2O2. The van der Waals surface area contributed by atoms with Crippen LogP contribution in [-0.4, -0.2) is 35.4 Å². The van der Waals surface area contributed by atoms with Crippen LogP contribution in [0.2, 0.25) is 0 Å². The van der Waals surface area contributed by atoms with Gasteiger partial charge in [-0.1, -0.05) is 39.8 Å². The molecule has 2 aliphatic heterocycles. The molecule has 12 atom stereocenters. The summed E-state index contributed by atoms with van der Waals surface area (Å²) in [4.78, 5) is 8.95. The van der Waals surface area contributed by atoms with Gasteiger partial charge in [-0.3, -0.25) is 9.97 Å². The molecule has 4 saturated carbocycles. The van der Waals surface area contributed by atoms with Crippen LogP contribution in [0.1, 0.15) is 127 Å². The molecule has 6 aliphatic carbocycles. The third-order valence-electron chi connectivity index (χ3n) is 17.0. The Labute approximate surface area is 302 Å². The lowest BCUT2D eigenvalue weighted by molar-refractivity contribution is -0.0889. The summed E-state index contributed by atoms with van der Waals surface area (Å²) in [5, 5.41) is 0. The number of aryl methyl sites for hydroxylation is 2. The summed E-state index contributed by atoms with van der Waals surface area (Å²) in [6.07, 6.45) is 30.1.